The molecule has 2 N–H and O–H groups in total. The molecular weight excluding hydrogens is 262 g/mol. The van der Waals surface area contributed by atoms with Crippen molar-refractivity contribution in [2.75, 3.05) is 5.73 Å². The van der Waals surface area contributed by atoms with E-state index in [9.17, 15) is 0 Å². The minimum absolute atomic E-state index is 0.466. The Kier molecular flexibility index (Phi) is 3.86. The molecule has 1 aliphatic rings. The molecule has 1 heterocycles. The zero-order chi connectivity index (χ0) is 14.8. The number of anilines is 1. The van der Waals surface area contributed by atoms with Crippen LogP contribution in [0.5, 0.6) is 5.75 Å². The lowest BCUT2D eigenvalue weighted by Crippen LogP contribution is -2.07. The monoisotopic (exact) mass is 285 g/mol. The van der Waals surface area contributed by atoms with E-state index in [2.05, 4.69) is 22.0 Å². The van der Waals surface area contributed by atoms with Crippen LogP contribution in [0.25, 0.3) is 0 Å². The first-order valence-electron chi connectivity index (χ1n) is 7.67. The van der Waals surface area contributed by atoms with E-state index in [4.69, 9.17) is 10.5 Å². The Morgan fingerprint density at radius 3 is 2.76 bits per heavy atom. The smallest absolute Gasteiger partial charge is 0.145 e. The molecule has 1 aromatic heterocycles. The molecule has 0 radical (unpaired) electrons. The van der Waals surface area contributed by atoms with Gasteiger partial charge in [-0.2, -0.15) is 5.10 Å². The van der Waals surface area contributed by atoms with Gasteiger partial charge in [-0.25, -0.2) is 0 Å². The van der Waals surface area contributed by atoms with E-state index in [1.54, 1.807) is 0 Å². The molecule has 1 aromatic carbocycles. The lowest BCUT2D eigenvalue weighted by atomic mass is 10.1. The maximum absolute atomic E-state index is 6.04. The van der Waals surface area contributed by atoms with Crippen molar-refractivity contribution >= 4 is 5.69 Å². The van der Waals surface area contributed by atoms with Gasteiger partial charge in [0.1, 0.15) is 12.4 Å². The van der Waals surface area contributed by atoms with Crippen LogP contribution in [-0.2, 0) is 6.61 Å². The Hall–Kier alpha value is -1.97. The number of hydrogen-bond donors (Lipinski definition) is 1. The van der Waals surface area contributed by atoms with Gasteiger partial charge in [-0.05, 0) is 49.9 Å². The van der Waals surface area contributed by atoms with Gasteiger partial charge in [0.05, 0.1) is 17.4 Å². The summed E-state index contributed by atoms with van der Waals surface area (Å²) < 4.78 is 7.98. The van der Waals surface area contributed by atoms with Crippen LogP contribution in [0.3, 0.4) is 0 Å². The highest BCUT2D eigenvalue weighted by molar-refractivity contribution is 5.58. The number of nitrogens with two attached hydrogens (primary N) is 1. The van der Waals surface area contributed by atoms with Crippen molar-refractivity contribution in [1.29, 1.82) is 0 Å². The molecule has 0 spiro atoms. The number of ether oxygens (including phenoxy) is 1. The summed E-state index contributed by atoms with van der Waals surface area (Å²) in [5.41, 5.74) is 9.92. The lowest BCUT2D eigenvalue weighted by Gasteiger charge is -2.12. The van der Waals surface area contributed by atoms with Crippen molar-refractivity contribution in [1.82, 2.24) is 9.78 Å². The third-order valence-corrected chi connectivity index (χ3v) is 4.17. The lowest BCUT2D eigenvalue weighted by molar-refractivity contribution is 0.297. The zero-order valence-corrected chi connectivity index (χ0v) is 12.8. The number of aryl methyl sites for hydroxylation is 2. The second-order valence-corrected chi connectivity index (χ2v) is 6.01. The number of benzene rings is 1. The Morgan fingerprint density at radius 2 is 2.05 bits per heavy atom. The van der Waals surface area contributed by atoms with E-state index in [-0.39, 0.29) is 0 Å². The first-order valence-corrected chi connectivity index (χ1v) is 7.67. The summed E-state index contributed by atoms with van der Waals surface area (Å²) in [6, 6.07) is 6.64. The maximum atomic E-state index is 6.04. The van der Waals surface area contributed by atoms with Crippen molar-refractivity contribution in [3.8, 4) is 5.75 Å². The SMILES string of the molecule is Cc1cc(C)c(OCc2ccn(C3CCCC3)n2)c(N)c1. The zero-order valence-electron chi connectivity index (χ0n) is 12.8. The summed E-state index contributed by atoms with van der Waals surface area (Å²) in [7, 11) is 0. The number of nitrogens with zero attached hydrogens (tertiary/aromatic N) is 2. The molecular formula is C17H23N3O. The quantitative estimate of drug-likeness (QED) is 0.870. The highest BCUT2D eigenvalue weighted by Gasteiger charge is 2.17. The minimum Gasteiger partial charge on any atom is -0.485 e. The van der Waals surface area contributed by atoms with Gasteiger partial charge in [0.2, 0.25) is 0 Å². The summed E-state index contributed by atoms with van der Waals surface area (Å²) in [6.45, 7) is 4.53. The third kappa shape index (κ3) is 3.04. The van der Waals surface area contributed by atoms with E-state index in [0.717, 1.165) is 22.6 Å². The second kappa shape index (κ2) is 5.80. The van der Waals surface area contributed by atoms with Gasteiger partial charge in [-0.3, -0.25) is 4.68 Å². The first-order chi connectivity index (χ1) is 10.1. The molecule has 0 amide bonds. The largest absolute Gasteiger partial charge is 0.485 e. The average molecular weight is 285 g/mol. The molecule has 0 unspecified atom stereocenters. The van der Waals surface area contributed by atoms with Crippen molar-refractivity contribution in [2.45, 2.75) is 52.2 Å². The van der Waals surface area contributed by atoms with Gasteiger partial charge in [0, 0.05) is 6.20 Å². The van der Waals surface area contributed by atoms with Crippen LogP contribution in [0.1, 0.15) is 48.5 Å². The van der Waals surface area contributed by atoms with Crippen LogP contribution < -0.4 is 10.5 Å². The van der Waals surface area contributed by atoms with Crippen LogP contribution >= 0.6 is 0 Å². The number of rotatable bonds is 4. The minimum atomic E-state index is 0.466. The van der Waals surface area contributed by atoms with Crippen LogP contribution in [0.4, 0.5) is 5.69 Å². The summed E-state index contributed by atoms with van der Waals surface area (Å²) in [5, 5.41) is 4.64. The average Bonchev–Trinajstić information content (AvgIpc) is 3.08. The molecule has 1 fully saturated rings. The summed E-state index contributed by atoms with van der Waals surface area (Å²) in [5.74, 6) is 0.774. The summed E-state index contributed by atoms with van der Waals surface area (Å²) in [4.78, 5) is 0. The van der Waals surface area contributed by atoms with Gasteiger partial charge in [0.15, 0.2) is 0 Å². The normalized spacial score (nSPS) is 15.5. The van der Waals surface area contributed by atoms with E-state index >= 15 is 0 Å². The van der Waals surface area contributed by atoms with Gasteiger partial charge >= 0.3 is 0 Å². The molecule has 0 bridgehead atoms. The fraction of sp³-hybridized carbons (Fsp3) is 0.471. The number of aromatic nitrogens is 2. The third-order valence-electron chi connectivity index (χ3n) is 4.17. The van der Waals surface area contributed by atoms with Gasteiger partial charge < -0.3 is 10.5 Å². The van der Waals surface area contributed by atoms with Crippen LogP contribution in [0.15, 0.2) is 24.4 Å². The van der Waals surface area contributed by atoms with E-state index < -0.39 is 0 Å². The fourth-order valence-corrected chi connectivity index (χ4v) is 3.16. The molecule has 3 rings (SSSR count). The van der Waals surface area contributed by atoms with E-state index in [1.165, 1.54) is 25.7 Å². The summed E-state index contributed by atoms with van der Waals surface area (Å²) in [6.07, 6.45) is 7.18. The molecule has 0 atom stereocenters. The van der Waals surface area contributed by atoms with Crippen LogP contribution in [0, 0.1) is 13.8 Å². The molecule has 21 heavy (non-hydrogen) atoms. The van der Waals surface area contributed by atoms with Crippen LogP contribution in [-0.4, -0.2) is 9.78 Å². The van der Waals surface area contributed by atoms with Crippen molar-refractivity contribution in [2.24, 2.45) is 0 Å². The first kappa shape index (κ1) is 14.0. The Balaban J connectivity index is 1.68. The molecule has 4 nitrogen and oxygen atoms in total. The molecule has 1 saturated carbocycles. The van der Waals surface area contributed by atoms with Crippen molar-refractivity contribution in [3.05, 3.63) is 41.2 Å². The molecule has 1 aliphatic carbocycles. The van der Waals surface area contributed by atoms with Crippen molar-refractivity contribution < 1.29 is 4.74 Å². The molecule has 0 aliphatic heterocycles. The Morgan fingerprint density at radius 1 is 1.29 bits per heavy atom. The molecule has 2 aromatic rings. The van der Waals surface area contributed by atoms with E-state index in [0.29, 0.717) is 18.3 Å². The van der Waals surface area contributed by atoms with E-state index in [1.807, 2.05) is 26.0 Å². The van der Waals surface area contributed by atoms with Gasteiger partial charge in [-0.1, -0.05) is 18.9 Å². The predicted octanol–water partition coefficient (Wildman–Crippen LogP) is 3.78. The van der Waals surface area contributed by atoms with Gasteiger partial charge in [0.25, 0.3) is 0 Å². The molecule has 112 valence electrons. The fourth-order valence-electron chi connectivity index (χ4n) is 3.16. The van der Waals surface area contributed by atoms with Crippen molar-refractivity contribution in [3.63, 3.8) is 0 Å². The number of nitrogen functional groups attached to an aromatic ring is 1. The number of hydrogen-bond acceptors (Lipinski definition) is 3. The Labute approximate surface area is 125 Å². The van der Waals surface area contributed by atoms with Gasteiger partial charge in [-0.15, -0.1) is 0 Å². The predicted molar refractivity (Wildman–Crippen MR) is 84.4 cm³/mol. The highest BCUT2D eigenvalue weighted by Crippen LogP contribution is 2.30. The standard InChI is InChI=1S/C17H23N3O/c1-12-9-13(2)17(16(18)10-12)21-11-14-7-8-20(19-14)15-5-3-4-6-15/h7-10,15H,3-6,11,18H2,1-2H3. The summed E-state index contributed by atoms with van der Waals surface area (Å²) >= 11 is 0. The molecule has 0 saturated heterocycles. The molecule has 4 heteroatoms. The topological polar surface area (TPSA) is 53.1 Å². The Bertz CT molecular complexity index is 604. The second-order valence-electron chi connectivity index (χ2n) is 6.01. The van der Waals surface area contributed by atoms with Crippen LogP contribution in [0.2, 0.25) is 0 Å². The maximum Gasteiger partial charge on any atom is 0.145 e. The highest BCUT2D eigenvalue weighted by atomic mass is 16.5.